The van der Waals surface area contributed by atoms with Crippen LogP contribution < -0.4 is 0 Å². The van der Waals surface area contributed by atoms with Crippen LogP contribution in [0, 0.1) is 0 Å². The highest BCUT2D eigenvalue weighted by molar-refractivity contribution is 6.20. The first kappa shape index (κ1) is 10.5. The van der Waals surface area contributed by atoms with E-state index in [2.05, 4.69) is 0 Å². The zero-order valence-corrected chi connectivity index (χ0v) is 9.33. The molecule has 2 rings (SSSR count). The van der Waals surface area contributed by atoms with Gasteiger partial charge in [-0.3, -0.25) is 0 Å². The summed E-state index contributed by atoms with van der Waals surface area (Å²) in [5, 5.41) is 0.122. The van der Waals surface area contributed by atoms with Crippen LogP contribution in [0.3, 0.4) is 0 Å². The summed E-state index contributed by atoms with van der Waals surface area (Å²) < 4.78 is 5.28. The molecule has 0 amide bonds. The number of halogens is 1. The minimum Gasteiger partial charge on any atom is -0.454 e. The molecule has 1 aromatic rings. The zero-order chi connectivity index (χ0) is 10.8. The lowest BCUT2D eigenvalue weighted by Crippen LogP contribution is -2.01. The molecule has 2 atom stereocenters. The number of esters is 1. The monoisotopic (exact) mass is 224 g/mol. The van der Waals surface area contributed by atoms with E-state index in [1.54, 1.807) is 0 Å². The summed E-state index contributed by atoms with van der Waals surface area (Å²) >= 11 is 5.88. The number of rotatable bonds is 3. The summed E-state index contributed by atoms with van der Waals surface area (Å²) in [7, 11) is 0. The van der Waals surface area contributed by atoms with Crippen molar-refractivity contribution >= 4 is 17.6 Å². The molecular formula is C12H13ClO2. The maximum absolute atomic E-state index is 11.5. The summed E-state index contributed by atoms with van der Waals surface area (Å²) in [6.45, 7) is 1.95. The normalized spacial score (nSPS) is 20.9. The second-order valence-electron chi connectivity index (χ2n) is 3.84. The van der Waals surface area contributed by atoms with Crippen molar-refractivity contribution in [3.8, 4) is 0 Å². The first-order valence-corrected chi connectivity index (χ1v) is 5.56. The molecule has 1 aliphatic heterocycles. The lowest BCUT2D eigenvalue weighted by Gasteiger charge is -2.10. The highest BCUT2D eigenvalue weighted by atomic mass is 35.5. The maximum Gasteiger partial charge on any atom is 0.339 e. The standard InChI is InChI=1S/C12H13ClO2/c1-8(13)6-7-11-9-4-2-3-5-10(9)12(14)15-11/h2-5,8,11H,6-7H2,1H3. The number of hydrogen-bond donors (Lipinski definition) is 0. The van der Waals surface area contributed by atoms with Gasteiger partial charge in [0, 0.05) is 10.9 Å². The van der Waals surface area contributed by atoms with Crippen molar-refractivity contribution in [3.05, 3.63) is 35.4 Å². The first-order valence-electron chi connectivity index (χ1n) is 5.12. The van der Waals surface area contributed by atoms with Crippen LogP contribution in [0.15, 0.2) is 24.3 Å². The molecule has 15 heavy (non-hydrogen) atoms. The average Bonchev–Trinajstić information content (AvgIpc) is 2.54. The smallest absolute Gasteiger partial charge is 0.339 e. The van der Waals surface area contributed by atoms with E-state index >= 15 is 0 Å². The molecule has 0 bridgehead atoms. The van der Waals surface area contributed by atoms with Crippen LogP contribution in [0.1, 0.15) is 41.8 Å². The van der Waals surface area contributed by atoms with Gasteiger partial charge < -0.3 is 4.74 Å². The van der Waals surface area contributed by atoms with Crippen LogP contribution >= 0.6 is 11.6 Å². The third-order valence-electron chi connectivity index (χ3n) is 2.60. The third-order valence-corrected chi connectivity index (χ3v) is 2.82. The van der Waals surface area contributed by atoms with Gasteiger partial charge in [0.05, 0.1) is 5.56 Å². The van der Waals surface area contributed by atoms with Crippen molar-refractivity contribution < 1.29 is 9.53 Å². The summed E-state index contributed by atoms with van der Waals surface area (Å²) in [5.41, 5.74) is 1.70. The highest BCUT2D eigenvalue weighted by Crippen LogP contribution is 2.34. The van der Waals surface area contributed by atoms with Gasteiger partial charge in [0.15, 0.2) is 0 Å². The topological polar surface area (TPSA) is 26.3 Å². The lowest BCUT2D eigenvalue weighted by atomic mass is 10.0. The molecule has 0 saturated carbocycles. The predicted molar refractivity (Wildman–Crippen MR) is 59.1 cm³/mol. The molecule has 1 aromatic carbocycles. The van der Waals surface area contributed by atoms with Crippen molar-refractivity contribution in [2.24, 2.45) is 0 Å². The van der Waals surface area contributed by atoms with Gasteiger partial charge in [-0.25, -0.2) is 4.79 Å². The summed E-state index contributed by atoms with van der Waals surface area (Å²) in [4.78, 5) is 11.5. The van der Waals surface area contributed by atoms with E-state index < -0.39 is 0 Å². The van der Waals surface area contributed by atoms with Crippen molar-refractivity contribution in [1.82, 2.24) is 0 Å². The minimum absolute atomic E-state index is 0.102. The Hall–Kier alpha value is -1.02. The Morgan fingerprint density at radius 1 is 1.47 bits per heavy atom. The minimum atomic E-state index is -0.210. The van der Waals surface area contributed by atoms with E-state index in [0.29, 0.717) is 5.56 Å². The second kappa shape index (κ2) is 4.23. The molecule has 0 N–H and O–H groups in total. The molecule has 0 radical (unpaired) electrons. The van der Waals surface area contributed by atoms with Gasteiger partial charge in [-0.1, -0.05) is 18.2 Å². The molecule has 0 aliphatic carbocycles. The van der Waals surface area contributed by atoms with Gasteiger partial charge in [0.1, 0.15) is 6.10 Å². The molecule has 0 fully saturated rings. The van der Waals surface area contributed by atoms with Crippen molar-refractivity contribution in [3.63, 3.8) is 0 Å². The number of carbonyl (C=O) groups is 1. The molecule has 1 aliphatic rings. The van der Waals surface area contributed by atoms with E-state index in [-0.39, 0.29) is 17.5 Å². The Bertz CT molecular complexity index is 374. The van der Waals surface area contributed by atoms with Gasteiger partial charge >= 0.3 is 5.97 Å². The second-order valence-corrected chi connectivity index (χ2v) is 4.58. The number of alkyl halides is 1. The van der Waals surface area contributed by atoms with E-state index in [1.807, 2.05) is 31.2 Å². The fraction of sp³-hybridized carbons (Fsp3) is 0.417. The molecule has 2 unspecified atom stereocenters. The number of ether oxygens (including phenoxy) is 1. The van der Waals surface area contributed by atoms with E-state index in [1.165, 1.54) is 0 Å². The maximum atomic E-state index is 11.5. The Morgan fingerprint density at radius 3 is 2.93 bits per heavy atom. The molecule has 2 nitrogen and oxygen atoms in total. The summed E-state index contributed by atoms with van der Waals surface area (Å²) in [6.07, 6.45) is 1.55. The van der Waals surface area contributed by atoms with Crippen LogP contribution in [0.4, 0.5) is 0 Å². The van der Waals surface area contributed by atoms with Gasteiger partial charge in [-0.05, 0) is 25.8 Å². The number of cyclic esters (lactones) is 1. The molecular weight excluding hydrogens is 212 g/mol. The SMILES string of the molecule is CC(Cl)CCC1OC(=O)c2ccccc21. The van der Waals surface area contributed by atoms with Crippen molar-refractivity contribution in [2.45, 2.75) is 31.2 Å². The zero-order valence-electron chi connectivity index (χ0n) is 8.57. The predicted octanol–water partition coefficient (Wildman–Crippen LogP) is 3.31. The summed E-state index contributed by atoms with van der Waals surface area (Å²) in [5.74, 6) is -0.210. The molecule has 1 heterocycles. The Kier molecular flexibility index (Phi) is 2.96. The molecule has 0 spiro atoms. The van der Waals surface area contributed by atoms with Crippen LogP contribution in [-0.2, 0) is 4.74 Å². The quantitative estimate of drug-likeness (QED) is 0.582. The molecule has 80 valence electrons. The molecule has 0 saturated heterocycles. The van der Waals surface area contributed by atoms with Gasteiger partial charge in [0.25, 0.3) is 0 Å². The third kappa shape index (κ3) is 2.15. The number of carbonyl (C=O) groups excluding carboxylic acids is 1. The number of fused-ring (bicyclic) bond motifs is 1. The summed E-state index contributed by atoms with van der Waals surface area (Å²) in [6, 6.07) is 7.54. The Morgan fingerprint density at radius 2 is 2.20 bits per heavy atom. The van der Waals surface area contributed by atoms with Gasteiger partial charge in [0.2, 0.25) is 0 Å². The van der Waals surface area contributed by atoms with Gasteiger partial charge in [-0.2, -0.15) is 0 Å². The lowest BCUT2D eigenvalue weighted by molar-refractivity contribution is 0.0364. The molecule has 3 heteroatoms. The van der Waals surface area contributed by atoms with Crippen molar-refractivity contribution in [1.29, 1.82) is 0 Å². The van der Waals surface area contributed by atoms with Crippen LogP contribution in [-0.4, -0.2) is 11.3 Å². The largest absolute Gasteiger partial charge is 0.454 e. The molecule has 0 aromatic heterocycles. The number of hydrogen-bond acceptors (Lipinski definition) is 2. The number of benzene rings is 1. The van der Waals surface area contributed by atoms with Crippen LogP contribution in [0.25, 0.3) is 0 Å². The van der Waals surface area contributed by atoms with Crippen LogP contribution in [0.2, 0.25) is 0 Å². The van der Waals surface area contributed by atoms with Crippen molar-refractivity contribution in [2.75, 3.05) is 0 Å². The fourth-order valence-electron chi connectivity index (χ4n) is 1.82. The van der Waals surface area contributed by atoms with E-state index in [0.717, 1.165) is 18.4 Å². The Balaban J connectivity index is 2.14. The first-order chi connectivity index (χ1) is 7.18. The Labute approximate surface area is 94.2 Å². The average molecular weight is 225 g/mol. The van der Waals surface area contributed by atoms with Gasteiger partial charge in [-0.15, -0.1) is 11.6 Å². The highest BCUT2D eigenvalue weighted by Gasteiger charge is 2.30. The van der Waals surface area contributed by atoms with E-state index in [4.69, 9.17) is 16.3 Å². The fourth-order valence-corrected chi connectivity index (χ4v) is 1.94. The van der Waals surface area contributed by atoms with E-state index in [9.17, 15) is 4.79 Å². The van der Waals surface area contributed by atoms with Crippen LogP contribution in [0.5, 0.6) is 0 Å².